The number of aryl methyl sites for hydroxylation is 1. The Labute approximate surface area is 218 Å². The van der Waals surface area contributed by atoms with Crippen molar-refractivity contribution in [3.05, 3.63) is 82.8 Å². The zero-order chi connectivity index (χ0) is 25.8. The fourth-order valence-corrected chi connectivity index (χ4v) is 4.92. The number of nitrogens with one attached hydrogen (secondary N) is 2. The van der Waals surface area contributed by atoms with Crippen LogP contribution in [0.5, 0.6) is 5.75 Å². The van der Waals surface area contributed by atoms with Crippen molar-refractivity contribution in [3.8, 4) is 11.8 Å². The number of H-pyrrole nitrogens is 1. The van der Waals surface area contributed by atoms with Crippen molar-refractivity contribution < 1.29 is 4.74 Å². The molecule has 0 aliphatic carbocycles. The highest BCUT2D eigenvalue weighted by Gasteiger charge is 2.17. The Morgan fingerprint density at radius 3 is 2.68 bits per heavy atom. The maximum atomic E-state index is 9.82. The van der Waals surface area contributed by atoms with Gasteiger partial charge in [0.05, 0.1) is 18.4 Å². The number of likely N-dealkylation sites (N-methyl/N-ethyl adjacent to an activating group) is 1. The minimum atomic E-state index is 0.492. The van der Waals surface area contributed by atoms with E-state index in [2.05, 4.69) is 69.4 Å². The number of ether oxygens (including phenoxy) is 1. The molecule has 2 aromatic heterocycles. The minimum absolute atomic E-state index is 0.492. The molecule has 1 aliphatic heterocycles. The normalized spacial score (nSPS) is 14.8. The van der Waals surface area contributed by atoms with Gasteiger partial charge in [-0.2, -0.15) is 5.26 Å². The Bertz CT molecular complexity index is 1470. The lowest BCUT2D eigenvalue weighted by Crippen LogP contribution is -2.43. The van der Waals surface area contributed by atoms with Gasteiger partial charge in [-0.25, -0.2) is 0 Å². The zero-order valence-corrected chi connectivity index (χ0v) is 21.6. The number of methoxy groups -OCH3 is 1. The van der Waals surface area contributed by atoms with Crippen LogP contribution in [0, 0.1) is 18.3 Å². The lowest BCUT2D eigenvalue weighted by atomic mass is 10.0. The van der Waals surface area contributed by atoms with Gasteiger partial charge in [-0.1, -0.05) is 30.4 Å². The van der Waals surface area contributed by atoms with Crippen molar-refractivity contribution in [3.63, 3.8) is 0 Å². The topological polar surface area (TPSA) is 80.2 Å². The molecular formula is C30H32N6O. The van der Waals surface area contributed by atoms with Gasteiger partial charge < -0.3 is 19.9 Å². The number of nitriles is 1. The number of hydrogen-bond donors (Lipinski definition) is 2. The number of pyridine rings is 1. The lowest BCUT2D eigenvalue weighted by Gasteiger charge is -2.32. The van der Waals surface area contributed by atoms with Crippen molar-refractivity contribution in [2.45, 2.75) is 13.5 Å². The maximum absolute atomic E-state index is 9.82. The molecule has 1 saturated heterocycles. The number of para-hydroxylation sites is 1. The van der Waals surface area contributed by atoms with Crippen LogP contribution in [0.3, 0.4) is 0 Å². The third-order valence-electron chi connectivity index (χ3n) is 7.12. The number of rotatable bonds is 7. The van der Waals surface area contributed by atoms with E-state index >= 15 is 0 Å². The second-order valence-corrected chi connectivity index (χ2v) is 9.52. The van der Waals surface area contributed by atoms with Crippen molar-refractivity contribution in [1.82, 2.24) is 19.8 Å². The molecule has 0 atom stereocenters. The number of aromatic nitrogens is 2. The number of fused-ring (bicyclic) bond motifs is 1. The first-order valence-electron chi connectivity index (χ1n) is 12.5. The van der Waals surface area contributed by atoms with Gasteiger partial charge in [0, 0.05) is 84.6 Å². The van der Waals surface area contributed by atoms with Crippen molar-refractivity contribution in [2.75, 3.05) is 45.7 Å². The fraction of sp³-hybridized carbons (Fsp3) is 0.267. The molecule has 4 aromatic rings. The van der Waals surface area contributed by atoms with E-state index in [1.807, 2.05) is 30.5 Å². The number of piperazine rings is 1. The number of nitrogens with zero attached hydrogens (tertiary/aromatic N) is 4. The zero-order valence-electron chi connectivity index (χ0n) is 21.6. The van der Waals surface area contributed by atoms with Gasteiger partial charge in [-0.15, -0.1) is 0 Å². The second kappa shape index (κ2) is 10.9. The molecule has 3 heterocycles. The molecule has 1 fully saturated rings. The number of aromatic amines is 1. The first-order chi connectivity index (χ1) is 18.1. The van der Waals surface area contributed by atoms with Crippen LogP contribution >= 0.6 is 0 Å². The average molecular weight is 493 g/mol. The van der Waals surface area contributed by atoms with Crippen LogP contribution in [0.25, 0.3) is 23.1 Å². The molecule has 37 heavy (non-hydrogen) atoms. The monoisotopic (exact) mass is 492 g/mol. The van der Waals surface area contributed by atoms with Gasteiger partial charge >= 0.3 is 0 Å². The third kappa shape index (κ3) is 5.21. The molecule has 0 saturated carbocycles. The van der Waals surface area contributed by atoms with Gasteiger partial charge in [-0.05, 0) is 37.7 Å². The molecule has 0 radical (unpaired) electrons. The highest BCUT2D eigenvalue weighted by Crippen LogP contribution is 2.32. The van der Waals surface area contributed by atoms with E-state index in [0.29, 0.717) is 5.56 Å². The largest absolute Gasteiger partial charge is 0.496 e. The summed E-state index contributed by atoms with van der Waals surface area (Å²) in [5.41, 5.74) is 7.38. The van der Waals surface area contributed by atoms with Gasteiger partial charge in [0.2, 0.25) is 0 Å². The SMILES string of the molecule is COc1c(/C=C/c2cncc(C#N)c2Nc2ccc3[nH]ccc3c2C)cccc1CN1CCN(C)CC1. The van der Waals surface area contributed by atoms with Crippen LogP contribution in [-0.2, 0) is 6.54 Å². The second-order valence-electron chi connectivity index (χ2n) is 9.52. The molecule has 0 amide bonds. The molecule has 1 aliphatic rings. The Kier molecular flexibility index (Phi) is 7.22. The Morgan fingerprint density at radius 2 is 1.89 bits per heavy atom. The Balaban J connectivity index is 1.45. The smallest absolute Gasteiger partial charge is 0.130 e. The first kappa shape index (κ1) is 24.6. The predicted octanol–water partition coefficient (Wildman–Crippen LogP) is 5.41. The highest BCUT2D eigenvalue weighted by molar-refractivity contribution is 5.90. The van der Waals surface area contributed by atoms with E-state index in [4.69, 9.17) is 4.74 Å². The van der Waals surface area contributed by atoms with Crippen molar-refractivity contribution in [2.24, 2.45) is 0 Å². The molecule has 7 heteroatoms. The molecule has 2 N–H and O–H groups in total. The minimum Gasteiger partial charge on any atom is -0.496 e. The summed E-state index contributed by atoms with van der Waals surface area (Å²) < 4.78 is 5.87. The molecule has 7 nitrogen and oxygen atoms in total. The summed E-state index contributed by atoms with van der Waals surface area (Å²) in [6.45, 7) is 7.20. The van der Waals surface area contributed by atoms with Gasteiger partial charge in [-0.3, -0.25) is 9.88 Å². The maximum Gasteiger partial charge on any atom is 0.130 e. The third-order valence-corrected chi connectivity index (χ3v) is 7.12. The van der Waals surface area contributed by atoms with Crippen LogP contribution in [0.15, 0.2) is 55.0 Å². The van der Waals surface area contributed by atoms with E-state index < -0.39 is 0 Å². The number of benzene rings is 2. The highest BCUT2D eigenvalue weighted by atomic mass is 16.5. The summed E-state index contributed by atoms with van der Waals surface area (Å²) in [5.74, 6) is 0.880. The van der Waals surface area contributed by atoms with Crippen LogP contribution in [-0.4, -0.2) is 60.1 Å². The van der Waals surface area contributed by atoms with E-state index in [0.717, 1.165) is 77.4 Å². The Hall–Kier alpha value is -4.12. The van der Waals surface area contributed by atoms with E-state index in [-0.39, 0.29) is 0 Å². The molecule has 0 bridgehead atoms. The van der Waals surface area contributed by atoms with Crippen molar-refractivity contribution >= 4 is 34.4 Å². The van der Waals surface area contributed by atoms with Crippen LogP contribution in [0.1, 0.15) is 27.8 Å². The summed E-state index contributed by atoms with van der Waals surface area (Å²) in [4.78, 5) is 12.4. The molecule has 0 unspecified atom stereocenters. The standard InChI is InChI=1S/C30H32N6O/c1-21-26-11-12-33-28(26)10-9-27(21)34-29-23(18-32-19-25(29)17-31)8-7-22-5-4-6-24(30(22)37-3)20-36-15-13-35(2)14-16-36/h4-12,18-19,33H,13-16,20H2,1-3H3,(H,32,34)/b8-7+. The summed E-state index contributed by atoms with van der Waals surface area (Å²) >= 11 is 0. The van der Waals surface area contributed by atoms with E-state index in [1.165, 1.54) is 5.56 Å². The molecule has 188 valence electrons. The van der Waals surface area contributed by atoms with Gasteiger partial charge in [0.1, 0.15) is 11.8 Å². The van der Waals surface area contributed by atoms with Crippen LogP contribution in [0.2, 0.25) is 0 Å². The summed E-state index contributed by atoms with van der Waals surface area (Å²) in [7, 11) is 3.90. The van der Waals surface area contributed by atoms with Gasteiger partial charge in [0.15, 0.2) is 0 Å². The van der Waals surface area contributed by atoms with Crippen molar-refractivity contribution in [1.29, 1.82) is 5.26 Å². The summed E-state index contributed by atoms with van der Waals surface area (Å²) in [6.07, 6.45) is 9.36. The Morgan fingerprint density at radius 1 is 1.08 bits per heavy atom. The first-order valence-corrected chi connectivity index (χ1v) is 12.5. The predicted molar refractivity (Wildman–Crippen MR) is 150 cm³/mol. The van der Waals surface area contributed by atoms with E-state index in [1.54, 1.807) is 19.5 Å². The lowest BCUT2D eigenvalue weighted by molar-refractivity contribution is 0.147. The molecule has 0 spiro atoms. The number of anilines is 2. The fourth-order valence-electron chi connectivity index (χ4n) is 4.92. The van der Waals surface area contributed by atoms with Crippen LogP contribution in [0.4, 0.5) is 11.4 Å². The van der Waals surface area contributed by atoms with Gasteiger partial charge in [0.25, 0.3) is 0 Å². The average Bonchev–Trinajstić information content (AvgIpc) is 3.40. The number of hydrogen-bond acceptors (Lipinski definition) is 6. The quantitative estimate of drug-likeness (QED) is 0.359. The van der Waals surface area contributed by atoms with E-state index in [9.17, 15) is 5.26 Å². The molecule has 2 aromatic carbocycles. The van der Waals surface area contributed by atoms with Crippen LogP contribution < -0.4 is 10.1 Å². The molecule has 5 rings (SSSR count). The molecular weight excluding hydrogens is 460 g/mol. The summed E-state index contributed by atoms with van der Waals surface area (Å²) in [5, 5.41) is 14.5. The summed E-state index contributed by atoms with van der Waals surface area (Å²) in [6, 6.07) is 14.7.